The average molecular weight is 251 g/mol. The highest BCUT2D eigenvalue weighted by Crippen LogP contribution is 2.12. The zero-order valence-corrected chi connectivity index (χ0v) is 10.4. The molecule has 2 aromatic rings. The number of hydrogen-bond donors (Lipinski definition) is 1. The second-order valence-corrected chi connectivity index (χ2v) is 5.30. The molecule has 0 aliphatic rings. The van der Waals surface area contributed by atoms with Crippen molar-refractivity contribution in [2.45, 2.75) is 11.6 Å². The predicted molar refractivity (Wildman–Crippen MR) is 68.8 cm³/mol. The molecule has 0 aliphatic heterocycles. The van der Waals surface area contributed by atoms with Crippen LogP contribution in [-0.2, 0) is 6.54 Å². The molecule has 5 heteroatoms. The van der Waals surface area contributed by atoms with Gasteiger partial charge in [-0.2, -0.15) is 0 Å². The SMILES string of the molecule is c1csc(CNCCSc2ccncn2)c1. The molecule has 1 N–H and O–H groups in total. The average Bonchev–Trinajstić information content (AvgIpc) is 2.83. The molecule has 0 spiro atoms. The van der Waals surface area contributed by atoms with Gasteiger partial charge in [0.05, 0.1) is 5.03 Å². The lowest BCUT2D eigenvalue weighted by Crippen LogP contribution is -2.15. The normalized spacial score (nSPS) is 10.5. The first kappa shape index (κ1) is 11.6. The van der Waals surface area contributed by atoms with Crippen molar-refractivity contribution in [3.8, 4) is 0 Å². The summed E-state index contributed by atoms with van der Waals surface area (Å²) in [5.41, 5.74) is 0. The van der Waals surface area contributed by atoms with Crippen molar-refractivity contribution in [2.75, 3.05) is 12.3 Å². The van der Waals surface area contributed by atoms with E-state index in [-0.39, 0.29) is 0 Å². The topological polar surface area (TPSA) is 37.8 Å². The Morgan fingerprint density at radius 1 is 1.38 bits per heavy atom. The summed E-state index contributed by atoms with van der Waals surface area (Å²) in [6, 6.07) is 6.16. The molecule has 0 fully saturated rings. The standard InChI is InChI=1S/C11H13N3S2/c1-2-10(15-6-1)8-12-5-7-16-11-3-4-13-9-14-11/h1-4,6,9,12H,5,7-8H2. The van der Waals surface area contributed by atoms with Gasteiger partial charge in [0.25, 0.3) is 0 Å². The third-order valence-corrected chi connectivity index (χ3v) is 3.78. The molecule has 0 aromatic carbocycles. The lowest BCUT2D eigenvalue weighted by atomic mass is 10.4. The van der Waals surface area contributed by atoms with Crippen LogP contribution in [0.5, 0.6) is 0 Å². The number of nitrogens with one attached hydrogen (secondary N) is 1. The lowest BCUT2D eigenvalue weighted by molar-refractivity contribution is 0.740. The minimum absolute atomic E-state index is 0.960. The van der Waals surface area contributed by atoms with Gasteiger partial charge in [-0.3, -0.25) is 0 Å². The zero-order valence-electron chi connectivity index (χ0n) is 8.80. The minimum Gasteiger partial charge on any atom is -0.311 e. The van der Waals surface area contributed by atoms with E-state index < -0.39 is 0 Å². The predicted octanol–water partition coefficient (Wildman–Crippen LogP) is 2.42. The molecule has 2 heterocycles. The molecule has 2 rings (SSSR count). The summed E-state index contributed by atoms with van der Waals surface area (Å²) in [5.74, 6) is 1.03. The van der Waals surface area contributed by atoms with Crippen molar-refractivity contribution in [1.82, 2.24) is 15.3 Å². The maximum Gasteiger partial charge on any atom is 0.116 e. The van der Waals surface area contributed by atoms with Crippen molar-refractivity contribution in [1.29, 1.82) is 0 Å². The summed E-state index contributed by atoms with van der Waals surface area (Å²) < 4.78 is 0. The van der Waals surface area contributed by atoms with E-state index in [1.807, 2.05) is 6.07 Å². The van der Waals surface area contributed by atoms with E-state index in [4.69, 9.17) is 0 Å². The zero-order chi connectivity index (χ0) is 11.1. The summed E-state index contributed by atoms with van der Waals surface area (Å²) in [6.45, 7) is 1.95. The van der Waals surface area contributed by atoms with Gasteiger partial charge in [-0.25, -0.2) is 9.97 Å². The fourth-order valence-electron chi connectivity index (χ4n) is 1.22. The number of thiophene rings is 1. The molecular weight excluding hydrogens is 238 g/mol. The highest BCUT2D eigenvalue weighted by Gasteiger charge is 1.95. The van der Waals surface area contributed by atoms with Crippen molar-refractivity contribution < 1.29 is 0 Å². The largest absolute Gasteiger partial charge is 0.311 e. The van der Waals surface area contributed by atoms with E-state index in [0.29, 0.717) is 0 Å². The van der Waals surface area contributed by atoms with Crippen LogP contribution in [0, 0.1) is 0 Å². The first-order chi connectivity index (χ1) is 7.95. The van der Waals surface area contributed by atoms with Gasteiger partial charge in [-0.05, 0) is 17.5 Å². The van der Waals surface area contributed by atoms with Crippen molar-refractivity contribution in [3.05, 3.63) is 41.0 Å². The molecule has 0 radical (unpaired) electrons. The van der Waals surface area contributed by atoms with Gasteiger partial charge in [0.2, 0.25) is 0 Å². The molecule has 2 aromatic heterocycles. The van der Waals surface area contributed by atoms with Crippen molar-refractivity contribution in [2.24, 2.45) is 0 Å². The van der Waals surface area contributed by atoms with Crippen LogP contribution in [0.3, 0.4) is 0 Å². The number of aromatic nitrogens is 2. The highest BCUT2D eigenvalue weighted by molar-refractivity contribution is 7.99. The Morgan fingerprint density at radius 2 is 2.38 bits per heavy atom. The van der Waals surface area contributed by atoms with E-state index in [1.165, 1.54) is 4.88 Å². The molecule has 0 saturated carbocycles. The van der Waals surface area contributed by atoms with Gasteiger partial charge in [-0.1, -0.05) is 6.07 Å². The second-order valence-electron chi connectivity index (χ2n) is 3.15. The maximum absolute atomic E-state index is 4.15. The Balaban J connectivity index is 1.59. The second kappa shape index (κ2) is 6.62. The van der Waals surface area contributed by atoms with Gasteiger partial charge < -0.3 is 5.32 Å². The third kappa shape index (κ3) is 3.92. The van der Waals surface area contributed by atoms with E-state index >= 15 is 0 Å². The van der Waals surface area contributed by atoms with Crippen LogP contribution in [0.15, 0.2) is 41.1 Å². The Bertz CT molecular complexity index is 389. The summed E-state index contributed by atoms with van der Waals surface area (Å²) in [4.78, 5) is 9.42. The van der Waals surface area contributed by atoms with Crippen LogP contribution in [0.4, 0.5) is 0 Å². The molecule has 0 unspecified atom stereocenters. The summed E-state index contributed by atoms with van der Waals surface area (Å²) >= 11 is 3.53. The molecule has 0 bridgehead atoms. The van der Waals surface area contributed by atoms with Crippen molar-refractivity contribution >= 4 is 23.1 Å². The van der Waals surface area contributed by atoms with Crippen LogP contribution in [0.25, 0.3) is 0 Å². The van der Waals surface area contributed by atoms with E-state index in [2.05, 4.69) is 32.8 Å². The van der Waals surface area contributed by atoms with Gasteiger partial charge in [0.1, 0.15) is 6.33 Å². The van der Waals surface area contributed by atoms with Gasteiger partial charge in [-0.15, -0.1) is 23.1 Å². The van der Waals surface area contributed by atoms with E-state index in [1.54, 1.807) is 35.6 Å². The highest BCUT2D eigenvalue weighted by atomic mass is 32.2. The first-order valence-corrected chi connectivity index (χ1v) is 6.93. The van der Waals surface area contributed by atoms with Crippen LogP contribution < -0.4 is 5.32 Å². The molecule has 84 valence electrons. The Kier molecular flexibility index (Phi) is 4.79. The third-order valence-electron chi connectivity index (χ3n) is 1.96. The number of nitrogens with zero attached hydrogens (tertiary/aromatic N) is 2. The van der Waals surface area contributed by atoms with Crippen LogP contribution in [-0.4, -0.2) is 22.3 Å². The number of hydrogen-bond acceptors (Lipinski definition) is 5. The van der Waals surface area contributed by atoms with E-state index in [9.17, 15) is 0 Å². The van der Waals surface area contributed by atoms with Crippen molar-refractivity contribution in [3.63, 3.8) is 0 Å². The quantitative estimate of drug-likeness (QED) is 0.486. The minimum atomic E-state index is 0.960. The molecular formula is C11H13N3S2. The number of rotatable bonds is 6. The maximum atomic E-state index is 4.15. The van der Waals surface area contributed by atoms with Crippen LogP contribution in [0.2, 0.25) is 0 Å². The van der Waals surface area contributed by atoms with Gasteiger partial charge in [0, 0.05) is 29.9 Å². The molecule has 3 nitrogen and oxygen atoms in total. The molecule has 0 amide bonds. The van der Waals surface area contributed by atoms with Gasteiger partial charge in [0.15, 0.2) is 0 Å². The fraction of sp³-hybridized carbons (Fsp3) is 0.273. The first-order valence-electron chi connectivity index (χ1n) is 5.07. The number of thioether (sulfide) groups is 1. The Labute approximate surface area is 103 Å². The van der Waals surface area contributed by atoms with Crippen LogP contribution >= 0.6 is 23.1 Å². The Morgan fingerprint density at radius 3 is 3.12 bits per heavy atom. The molecule has 16 heavy (non-hydrogen) atoms. The Hall–Kier alpha value is -0.910. The summed E-state index contributed by atoms with van der Waals surface area (Å²) in [7, 11) is 0. The van der Waals surface area contributed by atoms with Crippen LogP contribution in [0.1, 0.15) is 4.88 Å². The van der Waals surface area contributed by atoms with Gasteiger partial charge >= 0.3 is 0 Å². The molecule has 0 saturated heterocycles. The smallest absolute Gasteiger partial charge is 0.116 e. The fourth-order valence-corrected chi connectivity index (χ4v) is 2.63. The summed E-state index contributed by atoms with van der Waals surface area (Å²) in [6.07, 6.45) is 3.36. The molecule has 0 atom stereocenters. The monoisotopic (exact) mass is 251 g/mol. The van der Waals surface area contributed by atoms with E-state index in [0.717, 1.165) is 23.9 Å². The molecule has 0 aliphatic carbocycles. The lowest BCUT2D eigenvalue weighted by Gasteiger charge is -2.02. The summed E-state index contributed by atoms with van der Waals surface area (Å²) in [5, 5.41) is 6.54.